The van der Waals surface area contributed by atoms with Gasteiger partial charge in [-0.05, 0) is 13.8 Å². The molecule has 29 heavy (non-hydrogen) atoms. The summed E-state index contributed by atoms with van der Waals surface area (Å²) in [6, 6.07) is 23.3. The topological polar surface area (TPSA) is 0 Å². The van der Waals surface area contributed by atoms with E-state index in [2.05, 4.69) is 95.3 Å². The Morgan fingerprint density at radius 1 is 0.759 bits per heavy atom. The summed E-state index contributed by atoms with van der Waals surface area (Å²) in [4.78, 5) is 0. The first-order chi connectivity index (χ1) is 14.0. The van der Waals surface area contributed by atoms with E-state index in [1.165, 1.54) is 98.3 Å². The van der Waals surface area contributed by atoms with Gasteiger partial charge in [-0.3, -0.25) is 0 Å². The maximum atomic E-state index is 2.26. The van der Waals surface area contributed by atoms with Crippen LogP contribution in [0.1, 0.15) is 48.4 Å². The molecule has 0 amide bonds. The van der Waals surface area contributed by atoms with Crippen molar-refractivity contribution in [2.75, 3.05) is 0 Å². The minimum Gasteiger partial charge on any atom is -0.165 e. The van der Waals surface area contributed by atoms with E-state index in [1.807, 2.05) is 0 Å². The van der Waals surface area contributed by atoms with E-state index < -0.39 is 0 Å². The average molecular weight is 564 g/mol. The Morgan fingerprint density at radius 2 is 1.24 bits per heavy atom. The van der Waals surface area contributed by atoms with Crippen molar-refractivity contribution in [1.29, 1.82) is 0 Å². The number of rotatable bonds is 4. The number of unbranched alkanes of at least 4 members (excludes halogenated alkanes) is 2. The summed E-state index contributed by atoms with van der Waals surface area (Å²) in [6.07, 6.45) is 5.63. The predicted molar refractivity (Wildman–Crippen MR) is 128 cm³/mol. The van der Waals surface area contributed by atoms with Gasteiger partial charge in [-0.15, -0.1) is 69.1 Å². The Kier molecular flexibility index (Phi) is 10.3. The van der Waals surface area contributed by atoms with Crippen molar-refractivity contribution in [2.45, 2.75) is 59.9 Å². The van der Waals surface area contributed by atoms with Gasteiger partial charge in [-0.1, -0.05) is 37.1 Å². The number of benzene rings is 2. The minimum absolute atomic E-state index is 1.31. The fraction of sp³-hybridized carbons (Fsp3) is 0.333. The van der Waals surface area contributed by atoms with Crippen LogP contribution in [0.5, 0.6) is 0 Å². The molecule has 1 radical (unpaired) electrons. The van der Waals surface area contributed by atoms with Crippen LogP contribution < -0.4 is 0 Å². The molecule has 0 saturated heterocycles. The average Bonchev–Trinajstić information content (AvgIpc) is 3.26. The van der Waals surface area contributed by atoms with Gasteiger partial charge in [-0.2, -0.15) is 12.1 Å². The van der Waals surface area contributed by atoms with Crippen LogP contribution in [0.25, 0.3) is 21.5 Å². The van der Waals surface area contributed by atoms with Crippen LogP contribution in [-0.4, -0.2) is 6.22 Å². The van der Waals surface area contributed by atoms with Crippen LogP contribution in [-0.2, 0) is 23.0 Å². The normalized spacial score (nSPS) is 10.3. The molecule has 0 aliphatic carbocycles. The molecule has 4 aromatic carbocycles. The van der Waals surface area contributed by atoms with Crippen molar-refractivity contribution in [3.63, 3.8) is 0 Å². The summed E-state index contributed by atoms with van der Waals surface area (Å²) >= 11 is 1.43. The van der Waals surface area contributed by atoms with Gasteiger partial charge < -0.3 is 0 Å². The molecule has 4 aromatic rings. The van der Waals surface area contributed by atoms with Gasteiger partial charge >= 0.3 is 61.4 Å². The molecule has 0 spiro atoms. The Hall–Kier alpha value is -1.25. The molecule has 0 aromatic heterocycles. The van der Waals surface area contributed by atoms with Gasteiger partial charge in [0.15, 0.2) is 0 Å². The third-order valence-corrected chi connectivity index (χ3v) is 8.43. The van der Waals surface area contributed by atoms with Crippen molar-refractivity contribution in [3.05, 3.63) is 82.9 Å². The van der Waals surface area contributed by atoms with E-state index in [-0.39, 0.29) is 0 Å². The quantitative estimate of drug-likeness (QED) is 0.134. The molecule has 4 rings (SSSR count). The van der Waals surface area contributed by atoms with Crippen LogP contribution in [0.2, 0.25) is 6.04 Å². The number of fused-ring (bicyclic) bond motifs is 2. The summed E-state index contributed by atoms with van der Waals surface area (Å²) in [5, 5.41) is 5.51. The second kappa shape index (κ2) is 12.4. The molecule has 0 N–H and O–H groups in total. The van der Waals surface area contributed by atoms with Crippen molar-refractivity contribution < 1.29 is 23.0 Å². The number of hydrogen-bond donors (Lipinski definition) is 0. The third-order valence-electron chi connectivity index (χ3n) is 5.13. The van der Waals surface area contributed by atoms with Crippen molar-refractivity contribution in [3.8, 4) is 0 Å². The largest absolute Gasteiger partial charge is 0.165 e. The first-order valence-electron chi connectivity index (χ1n) is 10.6. The van der Waals surface area contributed by atoms with E-state index in [0.717, 1.165) is 0 Å². The summed E-state index contributed by atoms with van der Waals surface area (Å²) in [7, 11) is 0. The predicted octanol–water partition coefficient (Wildman–Crippen LogP) is 8.11. The minimum atomic E-state index is 1.31. The Bertz CT molecular complexity index is 957. The zero-order valence-corrected chi connectivity index (χ0v) is 23.2. The van der Waals surface area contributed by atoms with Gasteiger partial charge in [0.25, 0.3) is 0 Å². The Labute approximate surface area is 192 Å². The molecule has 0 unspecified atom stereocenters. The number of hydrogen-bond acceptors (Lipinski definition) is 0. The molecule has 0 aliphatic heterocycles. The SMILES string of the molecule is CCCCC[Si]=[Hf+2].Cc1cc2c(C)cccc2[cH-]1.Cc1cc2c(C)cccc2[cH-]1. The monoisotopic (exact) mass is 565 g/mol. The van der Waals surface area contributed by atoms with Gasteiger partial charge in [0, 0.05) is 0 Å². The third kappa shape index (κ3) is 7.50. The summed E-state index contributed by atoms with van der Waals surface area (Å²) in [5.74, 6) is 0. The standard InChI is InChI=1S/2C11H11.C5H11Si.Hf/c2*1-8-6-10-5-3-4-9(2)11(10)7-8;1-2-3-4-5-6;/h2*3-7H,1-2H3;2-5H2,1H3;/q2*-1;;+2. The first-order valence-corrected chi connectivity index (χ1v) is 17.2. The summed E-state index contributed by atoms with van der Waals surface area (Å²) < 4.78 is 0. The smallest absolute Gasteiger partial charge is 0.0488 e. The fourth-order valence-corrected chi connectivity index (χ4v) is 5.88. The van der Waals surface area contributed by atoms with Crippen LogP contribution in [0.15, 0.2) is 60.7 Å². The molecule has 0 fully saturated rings. The van der Waals surface area contributed by atoms with Crippen LogP contribution >= 0.6 is 0 Å². The molecule has 0 saturated carbocycles. The van der Waals surface area contributed by atoms with E-state index in [1.54, 1.807) is 0 Å². The second-order valence-electron chi connectivity index (χ2n) is 7.85. The van der Waals surface area contributed by atoms with Gasteiger partial charge in [0.05, 0.1) is 0 Å². The maximum Gasteiger partial charge on any atom is -0.0488 e. The molecule has 0 bridgehead atoms. The van der Waals surface area contributed by atoms with E-state index in [0.29, 0.717) is 0 Å². The van der Waals surface area contributed by atoms with Gasteiger partial charge in [0.1, 0.15) is 0 Å². The fourth-order valence-electron chi connectivity index (χ4n) is 3.55. The van der Waals surface area contributed by atoms with Gasteiger partial charge in [0.2, 0.25) is 0 Å². The van der Waals surface area contributed by atoms with Gasteiger partial charge in [-0.25, -0.2) is 0 Å². The van der Waals surface area contributed by atoms with Crippen molar-refractivity contribution in [2.24, 2.45) is 0 Å². The Morgan fingerprint density at radius 3 is 1.62 bits per heavy atom. The maximum absolute atomic E-state index is 2.26. The molecular weight excluding hydrogens is 531 g/mol. The second-order valence-corrected chi connectivity index (χ2v) is 12.5. The molecule has 0 heterocycles. The molecule has 149 valence electrons. The van der Waals surface area contributed by atoms with Crippen molar-refractivity contribution in [1.82, 2.24) is 0 Å². The molecule has 2 heteroatoms. The zero-order valence-electron chi connectivity index (χ0n) is 18.6. The van der Waals surface area contributed by atoms with E-state index in [9.17, 15) is 0 Å². The molecule has 0 atom stereocenters. The zero-order chi connectivity index (χ0) is 21.2. The van der Waals surface area contributed by atoms with Crippen LogP contribution in [0, 0.1) is 27.7 Å². The van der Waals surface area contributed by atoms with Crippen molar-refractivity contribution >= 4 is 27.8 Å². The van der Waals surface area contributed by atoms with E-state index >= 15 is 0 Å². The summed E-state index contributed by atoms with van der Waals surface area (Å²) in [5.41, 5.74) is 5.45. The Balaban J connectivity index is 0.000000161. The molecular formula is C27H33HfSi. The molecule has 0 nitrogen and oxygen atoms in total. The first kappa shape index (κ1) is 24.0. The van der Waals surface area contributed by atoms with Crippen LogP contribution in [0.4, 0.5) is 0 Å². The van der Waals surface area contributed by atoms with E-state index in [4.69, 9.17) is 0 Å². The molecule has 0 aliphatic rings. The summed E-state index contributed by atoms with van der Waals surface area (Å²) in [6.45, 7) is 10.8. The number of aryl methyl sites for hydroxylation is 4. The van der Waals surface area contributed by atoms with Crippen LogP contribution in [0.3, 0.4) is 0 Å².